The third-order valence-corrected chi connectivity index (χ3v) is 4.50. The van der Waals surface area contributed by atoms with Crippen molar-refractivity contribution in [1.82, 2.24) is 15.1 Å². The minimum atomic E-state index is -0.803. The molecule has 2 amide bonds. The van der Waals surface area contributed by atoms with Crippen LogP contribution in [0.4, 0.5) is 4.79 Å². The molecule has 3 atom stereocenters. The Morgan fingerprint density at radius 1 is 1.30 bits per heavy atom. The average Bonchev–Trinajstić information content (AvgIpc) is 2.81. The minimum absolute atomic E-state index is 0.0248. The topological polar surface area (TPSA) is 72.9 Å². The number of carboxylic acids is 1. The lowest BCUT2D eigenvalue weighted by Gasteiger charge is -2.33. The maximum absolute atomic E-state index is 12.2. The molecule has 114 valence electrons. The van der Waals surface area contributed by atoms with Gasteiger partial charge in [-0.15, -0.1) is 0 Å². The Kier molecular flexibility index (Phi) is 4.86. The van der Waals surface area contributed by atoms with Crippen LogP contribution in [-0.4, -0.2) is 65.7 Å². The van der Waals surface area contributed by atoms with E-state index >= 15 is 0 Å². The summed E-state index contributed by atoms with van der Waals surface area (Å²) in [6, 6.07) is 0.0823. The van der Waals surface area contributed by atoms with Crippen molar-refractivity contribution in [3.63, 3.8) is 0 Å². The number of aliphatic carboxylic acids is 1. The van der Waals surface area contributed by atoms with E-state index in [9.17, 15) is 9.59 Å². The van der Waals surface area contributed by atoms with Gasteiger partial charge in [0.15, 0.2) is 0 Å². The highest BCUT2D eigenvalue weighted by molar-refractivity contribution is 5.77. The van der Waals surface area contributed by atoms with Gasteiger partial charge in [-0.2, -0.15) is 0 Å². The van der Waals surface area contributed by atoms with Crippen LogP contribution >= 0.6 is 0 Å². The molecule has 2 saturated heterocycles. The number of hydrogen-bond acceptors (Lipinski definition) is 3. The van der Waals surface area contributed by atoms with Gasteiger partial charge in [-0.1, -0.05) is 13.8 Å². The van der Waals surface area contributed by atoms with Gasteiger partial charge in [-0.3, -0.25) is 4.79 Å². The van der Waals surface area contributed by atoms with Gasteiger partial charge in [0.1, 0.15) is 0 Å². The number of nitrogens with zero attached hydrogens (tertiary/aromatic N) is 2. The first-order chi connectivity index (χ1) is 9.51. The minimum Gasteiger partial charge on any atom is -0.481 e. The van der Waals surface area contributed by atoms with Gasteiger partial charge in [0.25, 0.3) is 0 Å². The fourth-order valence-corrected chi connectivity index (χ4v) is 3.18. The standard InChI is InChI=1S/C14H25N3O3/c1-3-16-6-4-5-11(8-16)15-14(20)17-7-10(2)12(9-17)13(18)19/h10-12H,3-9H2,1-2H3,(H,15,20)(H,18,19)/t10-,11?,12-/m1/s1. The Bertz CT molecular complexity index is 375. The summed E-state index contributed by atoms with van der Waals surface area (Å²) in [5, 5.41) is 12.2. The Labute approximate surface area is 120 Å². The lowest BCUT2D eigenvalue weighted by molar-refractivity contribution is -0.142. The van der Waals surface area contributed by atoms with Gasteiger partial charge in [0.2, 0.25) is 0 Å². The third-order valence-electron chi connectivity index (χ3n) is 4.50. The molecule has 2 N–H and O–H groups in total. The molecular weight excluding hydrogens is 258 g/mol. The Hall–Kier alpha value is -1.30. The zero-order chi connectivity index (χ0) is 14.7. The molecule has 0 aromatic rings. The molecule has 2 heterocycles. The Morgan fingerprint density at radius 2 is 2.05 bits per heavy atom. The smallest absolute Gasteiger partial charge is 0.317 e. The second-order valence-corrected chi connectivity index (χ2v) is 6.01. The number of urea groups is 1. The number of likely N-dealkylation sites (tertiary alicyclic amines) is 2. The molecule has 2 aliphatic rings. The number of carboxylic acid groups (broad SMARTS) is 1. The van der Waals surface area contributed by atoms with E-state index in [0.717, 1.165) is 32.5 Å². The summed E-state index contributed by atoms with van der Waals surface area (Å²) in [6.07, 6.45) is 2.11. The van der Waals surface area contributed by atoms with Crippen molar-refractivity contribution in [2.24, 2.45) is 11.8 Å². The quantitative estimate of drug-likeness (QED) is 0.805. The Balaban J connectivity index is 1.85. The maximum atomic E-state index is 12.2. The van der Waals surface area contributed by atoms with Gasteiger partial charge in [0.05, 0.1) is 5.92 Å². The highest BCUT2D eigenvalue weighted by Crippen LogP contribution is 2.23. The summed E-state index contributed by atoms with van der Waals surface area (Å²) in [7, 11) is 0. The number of carbonyl (C=O) groups is 2. The maximum Gasteiger partial charge on any atom is 0.317 e. The number of amides is 2. The molecule has 0 spiro atoms. The lowest BCUT2D eigenvalue weighted by Crippen LogP contribution is -2.51. The predicted molar refractivity (Wildman–Crippen MR) is 75.5 cm³/mol. The van der Waals surface area contributed by atoms with Crippen LogP contribution in [-0.2, 0) is 4.79 Å². The number of likely N-dealkylation sites (N-methyl/N-ethyl adjacent to an activating group) is 1. The predicted octanol–water partition coefficient (Wildman–Crippen LogP) is 0.833. The summed E-state index contributed by atoms with van der Waals surface area (Å²) in [4.78, 5) is 27.3. The first-order valence-electron chi connectivity index (χ1n) is 7.51. The van der Waals surface area contributed by atoms with Crippen molar-refractivity contribution in [3.8, 4) is 0 Å². The fourth-order valence-electron chi connectivity index (χ4n) is 3.18. The number of piperidine rings is 1. The highest BCUT2D eigenvalue weighted by Gasteiger charge is 2.37. The van der Waals surface area contributed by atoms with E-state index in [0.29, 0.717) is 13.1 Å². The molecule has 0 aromatic carbocycles. The molecule has 0 saturated carbocycles. The van der Waals surface area contributed by atoms with Crippen molar-refractivity contribution < 1.29 is 14.7 Å². The van der Waals surface area contributed by atoms with E-state index in [4.69, 9.17) is 5.11 Å². The summed E-state index contributed by atoms with van der Waals surface area (Å²) in [5.74, 6) is -1.21. The SMILES string of the molecule is CCN1CCCC(NC(=O)N2C[C@@H](C)[C@H](C(=O)O)C2)C1. The van der Waals surface area contributed by atoms with Gasteiger partial charge in [-0.25, -0.2) is 4.79 Å². The van der Waals surface area contributed by atoms with Crippen LogP contribution in [0.2, 0.25) is 0 Å². The Morgan fingerprint density at radius 3 is 2.65 bits per heavy atom. The summed E-state index contributed by atoms with van der Waals surface area (Å²) >= 11 is 0. The first-order valence-corrected chi connectivity index (χ1v) is 7.51. The van der Waals surface area contributed by atoms with Crippen molar-refractivity contribution in [1.29, 1.82) is 0 Å². The molecule has 2 rings (SSSR count). The van der Waals surface area contributed by atoms with E-state index in [1.54, 1.807) is 4.90 Å². The van der Waals surface area contributed by atoms with Crippen molar-refractivity contribution in [2.75, 3.05) is 32.7 Å². The molecule has 0 aromatic heterocycles. The van der Waals surface area contributed by atoms with E-state index in [-0.39, 0.29) is 18.0 Å². The van der Waals surface area contributed by atoms with Crippen LogP contribution < -0.4 is 5.32 Å². The average molecular weight is 283 g/mol. The number of rotatable bonds is 3. The molecule has 6 heteroatoms. The molecule has 0 aliphatic carbocycles. The highest BCUT2D eigenvalue weighted by atomic mass is 16.4. The second kappa shape index (κ2) is 6.43. The molecule has 20 heavy (non-hydrogen) atoms. The summed E-state index contributed by atoms with van der Waals surface area (Å²) in [5.41, 5.74) is 0. The van der Waals surface area contributed by atoms with E-state index in [2.05, 4.69) is 17.1 Å². The molecule has 0 bridgehead atoms. The fraction of sp³-hybridized carbons (Fsp3) is 0.857. The van der Waals surface area contributed by atoms with Crippen LogP contribution in [0.25, 0.3) is 0 Å². The monoisotopic (exact) mass is 283 g/mol. The molecule has 1 unspecified atom stereocenters. The zero-order valence-corrected chi connectivity index (χ0v) is 12.3. The number of carbonyl (C=O) groups excluding carboxylic acids is 1. The molecule has 0 radical (unpaired) electrons. The van der Waals surface area contributed by atoms with Crippen molar-refractivity contribution in [3.05, 3.63) is 0 Å². The largest absolute Gasteiger partial charge is 0.481 e. The first kappa shape index (κ1) is 15.1. The second-order valence-electron chi connectivity index (χ2n) is 6.01. The third kappa shape index (κ3) is 3.42. The van der Waals surface area contributed by atoms with Crippen LogP contribution in [0.15, 0.2) is 0 Å². The molecule has 6 nitrogen and oxygen atoms in total. The van der Waals surface area contributed by atoms with E-state index in [1.807, 2.05) is 6.92 Å². The van der Waals surface area contributed by atoms with Crippen LogP contribution in [0, 0.1) is 11.8 Å². The molecular formula is C14H25N3O3. The van der Waals surface area contributed by atoms with Crippen molar-refractivity contribution in [2.45, 2.75) is 32.7 Å². The number of nitrogens with one attached hydrogen (secondary N) is 1. The van der Waals surface area contributed by atoms with Crippen LogP contribution in [0.1, 0.15) is 26.7 Å². The number of hydrogen-bond donors (Lipinski definition) is 2. The zero-order valence-electron chi connectivity index (χ0n) is 12.3. The van der Waals surface area contributed by atoms with Crippen molar-refractivity contribution >= 4 is 12.0 Å². The normalized spacial score (nSPS) is 31.3. The van der Waals surface area contributed by atoms with Crippen LogP contribution in [0.5, 0.6) is 0 Å². The lowest BCUT2D eigenvalue weighted by atomic mass is 9.99. The van der Waals surface area contributed by atoms with Gasteiger partial charge in [-0.05, 0) is 31.8 Å². The van der Waals surface area contributed by atoms with E-state index < -0.39 is 11.9 Å². The van der Waals surface area contributed by atoms with Gasteiger partial charge >= 0.3 is 12.0 Å². The van der Waals surface area contributed by atoms with E-state index in [1.165, 1.54) is 0 Å². The summed E-state index contributed by atoms with van der Waals surface area (Å²) < 4.78 is 0. The van der Waals surface area contributed by atoms with Gasteiger partial charge < -0.3 is 20.2 Å². The molecule has 2 aliphatic heterocycles. The van der Waals surface area contributed by atoms with Gasteiger partial charge in [0, 0.05) is 25.7 Å². The molecule has 2 fully saturated rings. The van der Waals surface area contributed by atoms with Crippen LogP contribution in [0.3, 0.4) is 0 Å². The summed E-state index contributed by atoms with van der Waals surface area (Å²) in [6.45, 7) is 7.89.